The summed E-state index contributed by atoms with van der Waals surface area (Å²) in [5, 5.41) is 13.1. The SMILES string of the molecule is Cn1nc(C(F)(F)F)cc1-c1ccc(/C=C(\C#N)S(=O)(=O)c2ccc(Cl)cc2)s1. The van der Waals surface area contributed by atoms with E-state index in [0.29, 0.717) is 14.8 Å². The Morgan fingerprint density at radius 2 is 1.90 bits per heavy atom. The molecule has 0 aliphatic heterocycles. The zero-order valence-corrected chi connectivity index (χ0v) is 17.0. The van der Waals surface area contributed by atoms with Gasteiger partial charge in [-0.1, -0.05) is 11.6 Å². The van der Waals surface area contributed by atoms with Crippen LogP contribution >= 0.6 is 22.9 Å². The lowest BCUT2D eigenvalue weighted by Gasteiger charge is -2.02. The highest BCUT2D eigenvalue weighted by Crippen LogP contribution is 2.35. The van der Waals surface area contributed by atoms with Gasteiger partial charge >= 0.3 is 6.18 Å². The second-order valence-electron chi connectivity index (χ2n) is 5.82. The van der Waals surface area contributed by atoms with Crippen molar-refractivity contribution in [2.45, 2.75) is 11.1 Å². The van der Waals surface area contributed by atoms with Gasteiger partial charge in [0.1, 0.15) is 6.07 Å². The van der Waals surface area contributed by atoms with Gasteiger partial charge in [-0.15, -0.1) is 11.3 Å². The van der Waals surface area contributed by atoms with Gasteiger partial charge < -0.3 is 0 Å². The summed E-state index contributed by atoms with van der Waals surface area (Å²) >= 11 is 6.80. The summed E-state index contributed by atoms with van der Waals surface area (Å²) in [5.74, 6) is 0. The molecule has 150 valence electrons. The van der Waals surface area contributed by atoms with Crippen LogP contribution in [0.4, 0.5) is 13.2 Å². The molecule has 0 amide bonds. The van der Waals surface area contributed by atoms with E-state index in [1.807, 2.05) is 0 Å². The monoisotopic (exact) mass is 457 g/mol. The van der Waals surface area contributed by atoms with Crippen molar-refractivity contribution < 1.29 is 21.6 Å². The fourth-order valence-electron chi connectivity index (χ4n) is 2.44. The zero-order valence-electron chi connectivity index (χ0n) is 14.6. The van der Waals surface area contributed by atoms with E-state index in [4.69, 9.17) is 11.6 Å². The van der Waals surface area contributed by atoms with Crippen molar-refractivity contribution in [1.82, 2.24) is 9.78 Å². The molecular weight excluding hydrogens is 447 g/mol. The van der Waals surface area contributed by atoms with Crippen LogP contribution in [0.5, 0.6) is 0 Å². The molecule has 3 aromatic rings. The highest BCUT2D eigenvalue weighted by atomic mass is 35.5. The number of benzene rings is 1. The average Bonchev–Trinajstić information content (AvgIpc) is 3.25. The molecule has 0 unspecified atom stereocenters. The van der Waals surface area contributed by atoms with Gasteiger partial charge in [0.05, 0.1) is 15.5 Å². The molecule has 0 spiro atoms. The minimum absolute atomic E-state index is 0.0899. The number of hydrogen-bond donors (Lipinski definition) is 0. The fourth-order valence-corrected chi connectivity index (χ4v) is 4.79. The van der Waals surface area contributed by atoms with Gasteiger partial charge in [0.15, 0.2) is 10.6 Å². The molecule has 0 saturated carbocycles. The topological polar surface area (TPSA) is 75.8 Å². The Kier molecular flexibility index (Phi) is 5.58. The van der Waals surface area contributed by atoms with Crippen molar-refractivity contribution in [3.63, 3.8) is 0 Å². The summed E-state index contributed by atoms with van der Waals surface area (Å²) in [6.45, 7) is 0. The number of hydrogen-bond acceptors (Lipinski definition) is 5. The van der Waals surface area contributed by atoms with Gasteiger partial charge in [0, 0.05) is 16.9 Å². The summed E-state index contributed by atoms with van der Waals surface area (Å²) in [5.41, 5.74) is -0.801. The van der Waals surface area contributed by atoms with Crippen LogP contribution in [-0.4, -0.2) is 18.2 Å². The van der Waals surface area contributed by atoms with Gasteiger partial charge in [-0.05, 0) is 48.5 Å². The van der Waals surface area contributed by atoms with Crippen molar-refractivity contribution in [2.24, 2.45) is 7.05 Å². The zero-order chi connectivity index (χ0) is 21.4. The Bertz CT molecular complexity index is 1230. The van der Waals surface area contributed by atoms with E-state index >= 15 is 0 Å². The number of aryl methyl sites for hydroxylation is 1. The lowest BCUT2D eigenvalue weighted by molar-refractivity contribution is -0.141. The molecule has 0 fully saturated rings. The standard InChI is InChI=1S/C18H11ClF3N3O2S2/c1-25-15(9-17(24-25)18(20,21)22)16-7-4-12(28-16)8-14(10-23)29(26,27)13-5-2-11(19)3-6-13/h2-9H,1H3/b14-8+. The molecule has 0 bridgehead atoms. The fraction of sp³-hybridized carbons (Fsp3) is 0.111. The number of rotatable bonds is 4. The van der Waals surface area contributed by atoms with E-state index in [0.717, 1.165) is 22.1 Å². The molecule has 1 aromatic carbocycles. The minimum Gasteiger partial charge on any atom is -0.267 e. The number of thiophene rings is 1. The van der Waals surface area contributed by atoms with Crippen LogP contribution in [0.25, 0.3) is 16.6 Å². The highest BCUT2D eigenvalue weighted by Gasteiger charge is 2.34. The van der Waals surface area contributed by atoms with Gasteiger partial charge in [-0.3, -0.25) is 4.68 Å². The van der Waals surface area contributed by atoms with E-state index < -0.39 is 26.6 Å². The number of aromatic nitrogens is 2. The number of nitriles is 1. The maximum atomic E-state index is 12.8. The van der Waals surface area contributed by atoms with Crippen LogP contribution in [0, 0.1) is 11.3 Å². The van der Waals surface area contributed by atoms with Crippen molar-refractivity contribution >= 4 is 38.9 Å². The Labute approximate surface area is 173 Å². The largest absolute Gasteiger partial charge is 0.435 e. The van der Waals surface area contributed by atoms with E-state index in [-0.39, 0.29) is 10.6 Å². The first-order chi connectivity index (χ1) is 13.5. The van der Waals surface area contributed by atoms with E-state index in [1.165, 1.54) is 49.5 Å². The maximum Gasteiger partial charge on any atom is 0.435 e. The third-order valence-corrected chi connectivity index (χ3v) is 6.83. The second-order valence-corrected chi connectivity index (χ2v) is 9.29. The van der Waals surface area contributed by atoms with Crippen LogP contribution in [-0.2, 0) is 23.1 Å². The van der Waals surface area contributed by atoms with Gasteiger partial charge in [-0.25, -0.2) is 8.42 Å². The Balaban J connectivity index is 1.98. The second kappa shape index (κ2) is 7.67. The summed E-state index contributed by atoms with van der Waals surface area (Å²) in [4.78, 5) is 0.258. The molecule has 2 heterocycles. The first-order valence-electron chi connectivity index (χ1n) is 7.86. The number of alkyl halides is 3. The van der Waals surface area contributed by atoms with Crippen LogP contribution in [0.3, 0.4) is 0 Å². The third kappa shape index (κ3) is 4.37. The molecular formula is C18H11ClF3N3O2S2. The van der Waals surface area contributed by atoms with E-state index in [9.17, 15) is 26.9 Å². The van der Waals surface area contributed by atoms with Crippen LogP contribution in [0.2, 0.25) is 5.02 Å². The normalized spacial score (nSPS) is 12.8. The summed E-state index contributed by atoms with van der Waals surface area (Å²) in [6, 6.07) is 11.0. The summed E-state index contributed by atoms with van der Waals surface area (Å²) in [7, 11) is -2.68. The van der Waals surface area contributed by atoms with Crippen LogP contribution in [0.1, 0.15) is 10.6 Å². The predicted octanol–water partition coefficient (Wildman–Crippen LogP) is 5.16. The first-order valence-corrected chi connectivity index (χ1v) is 10.5. The molecule has 11 heteroatoms. The van der Waals surface area contributed by atoms with Crippen molar-refractivity contribution in [2.75, 3.05) is 0 Å². The van der Waals surface area contributed by atoms with E-state index in [2.05, 4.69) is 5.10 Å². The Hall–Kier alpha value is -2.61. The van der Waals surface area contributed by atoms with Crippen LogP contribution in [0.15, 0.2) is 52.3 Å². The van der Waals surface area contributed by atoms with E-state index in [1.54, 1.807) is 6.07 Å². The van der Waals surface area contributed by atoms with Gasteiger partial charge in [0.25, 0.3) is 0 Å². The molecule has 0 aliphatic rings. The molecule has 29 heavy (non-hydrogen) atoms. The molecule has 0 saturated heterocycles. The molecule has 0 N–H and O–H groups in total. The minimum atomic E-state index is -4.57. The number of allylic oxidation sites excluding steroid dienone is 1. The summed E-state index contributed by atoms with van der Waals surface area (Å²) < 4.78 is 64.9. The number of halogens is 4. The van der Waals surface area contributed by atoms with Crippen molar-refractivity contribution in [1.29, 1.82) is 5.26 Å². The number of sulfone groups is 1. The van der Waals surface area contributed by atoms with Gasteiger partial charge in [-0.2, -0.15) is 23.5 Å². The molecule has 3 rings (SSSR count). The van der Waals surface area contributed by atoms with Crippen LogP contribution < -0.4 is 0 Å². The highest BCUT2D eigenvalue weighted by molar-refractivity contribution is 7.95. The molecule has 5 nitrogen and oxygen atoms in total. The smallest absolute Gasteiger partial charge is 0.267 e. The lowest BCUT2D eigenvalue weighted by Crippen LogP contribution is -2.06. The molecule has 0 atom stereocenters. The summed E-state index contributed by atoms with van der Waals surface area (Å²) in [6.07, 6.45) is -3.39. The molecule has 0 radical (unpaired) electrons. The average molecular weight is 458 g/mol. The van der Waals surface area contributed by atoms with Crippen molar-refractivity contribution in [3.8, 4) is 16.6 Å². The Morgan fingerprint density at radius 3 is 2.45 bits per heavy atom. The third-order valence-electron chi connectivity index (χ3n) is 3.85. The lowest BCUT2D eigenvalue weighted by atomic mass is 10.3. The Morgan fingerprint density at radius 1 is 1.24 bits per heavy atom. The molecule has 0 aliphatic carbocycles. The molecule has 2 aromatic heterocycles. The maximum absolute atomic E-state index is 12.8. The van der Waals surface area contributed by atoms with Gasteiger partial charge in [0.2, 0.25) is 9.84 Å². The quantitative estimate of drug-likeness (QED) is 0.507. The predicted molar refractivity (Wildman–Crippen MR) is 104 cm³/mol. The first kappa shape index (κ1) is 21.1. The van der Waals surface area contributed by atoms with Crippen molar-refractivity contribution in [3.05, 3.63) is 63.0 Å². The number of nitrogens with zero attached hydrogens (tertiary/aromatic N) is 3.